The van der Waals surface area contributed by atoms with Crippen molar-refractivity contribution in [1.82, 2.24) is 19.4 Å². The van der Waals surface area contributed by atoms with Gasteiger partial charge in [0.25, 0.3) is 5.91 Å². The van der Waals surface area contributed by atoms with Gasteiger partial charge in [0.15, 0.2) is 10.9 Å². The third-order valence-electron chi connectivity index (χ3n) is 4.73. The van der Waals surface area contributed by atoms with Crippen LogP contribution in [0.1, 0.15) is 17.1 Å². The van der Waals surface area contributed by atoms with Crippen molar-refractivity contribution in [1.29, 1.82) is 0 Å². The maximum atomic E-state index is 13.5. The Morgan fingerprint density at radius 3 is 2.48 bits per heavy atom. The van der Waals surface area contributed by atoms with Gasteiger partial charge in [-0.15, -0.1) is 0 Å². The van der Waals surface area contributed by atoms with E-state index in [1.807, 2.05) is 0 Å². The van der Waals surface area contributed by atoms with Gasteiger partial charge in [0, 0.05) is 26.2 Å². The van der Waals surface area contributed by atoms with Crippen LogP contribution in [0.2, 0.25) is 0 Å². The molecule has 1 saturated heterocycles. The smallest absolute Gasteiger partial charge is 0.321 e. The van der Waals surface area contributed by atoms with Gasteiger partial charge >= 0.3 is 6.55 Å². The van der Waals surface area contributed by atoms with E-state index in [1.54, 1.807) is 46.2 Å². The van der Waals surface area contributed by atoms with Crippen LogP contribution in [0.5, 0.6) is 0 Å². The second-order valence-corrected chi connectivity index (χ2v) is 7.41. The highest BCUT2D eigenvalue weighted by Crippen LogP contribution is 2.29. The first kappa shape index (κ1) is 19.4. The van der Waals surface area contributed by atoms with Crippen molar-refractivity contribution in [2.75, 3.05) is 31.9 Å². The zero-order chi connectivity index (χ0) is 20.4. The zero-order valence-corrected chi connectivity index (χ0v) is 16.1. The van der Waals surface area contributed by atoms with Crippen LogP contribution >= 0.6 is 11.8 Å². The van der Waals surface area contributed by atoms with Crippen LogP contribution < -0.4 is 0 Å². The molecule has 0 aliphatic carbocycles. The van der Waals surface area contributed by atoms with Crippen molar-refractivity contribution in [2.45, 2.75) is 11.7 Å². The molecular formula is C19H18F2N4O3S. The molecule has 0 unspecified atom stereocenters. The molecule has 1 aromatic carbocycles. The Hall–Kier alpha value is -2.88. The summed E-state index contributed by atoms with van der Waals surface area (Å²) in [4.78, 5) is 32.3. The fraction of sp³-hybridized carbons (Fsp3) is 0.316. The van der Waals surface area contributed by atoms with Gasteiger partial charge in [-0.05, 0) is 24.3 Å². The second-order valence-electron chi connectivity index (χ2n) is 6.47. The van der Waals surface area contributed by atoms with Gasteiger partial charge < -0.3 is 14.2 Å². The molecule has 2 amide bonds. The minimum Gasteiger partial charge on any atom is -0.459 e. The predicted octanol–water partition coefficient (Wildman–Crippen LogP) is 3.10. The number of piperazine rings is 1. The number of carbonyl (C=O) groups excluding carboxylic acids is 2. The van der Waals surface area contributed by atoms with Crippen molar-refractivity contribution < 1.29 is 22.8 Å². The number of alkyl halides is 2. The molecular weight excluding hydrogens is 402 g/mol. The van der Waals surface area contributed by atoms with Crippen LogP contribution in [0, 0.1) is 0 Å². The molecule has 0 radical (unpaired) electrons. The van der Waals surface area contributed by atoms with E-state index in [1.165, 1.54) is 6.26 Å². The number of aromatic nitrogens is 2. The lowest BCUT2D eigenvalue weighted by atomic mass is 10.3. The monoisotopic (exact) mass is 420 g/mol. The molecule has 0 saturated carbocycles. The second kappa shape index (κ2) is 8.24. The van der Waals surface area contributed by atoms with E-state index in [0.717, 1.165) is 16.3 Å². The molecule has 7 nitrogen and oxygen atoms in total. The normalized spacial score (nSPS) is 14.7. The highest BCUT2D eigenvalue weighted by atomic mass is 32.2. The molecule has 0 atom stereocenters. The van der Waals surface area contributed by atoms with Crippen molar-refractivity contribution in [3.63, 3.8) is 0 Å². The Morgan fingerprint density at radius 1 is 1.07 bits per heavy atom. The lowest BCUT2D eigenvalue weighted by Crippen LogP contribution is -2.51. The van der Waals surface area contributed by atoms with Crippen molar-refractivity contribution in [3.05, 3.63) is 48.4 Å². The Morgan fingerprint density at radius 2 is 1.79 bits per heavy atom. The van der Waals surface area contributed by atoms with Gasteiger partial charge in [0.2, 0.25) is 5.91 Å². The summed E-state index contributed by atoms with van der Waals surface area (Å²) in [6, 6.07) is 9.90. The number of para-hydroxylation sites is 2. The van der Waals surface area contributed by atoms with E-state index in [0.29, 0.717) is 37.2 Å². The number of amides is 2. The molecule has 0 bridgehead atoms. The van der Waals surface area contributed by atoms with E-state index in [-0.39, 0.29) is 28.5 Å². The van der Waals surface area contributed by atoms with E-state index >= 15 is 0 Å². The molecule has 3 aromatic rings. The Kier molecular flexibility index (Phi) is 5.52. The molecule has 1 fully saturated rings. The van der Waals surface area contributed by atoms with E-state index < -0.39 is 6.55 Å². The average molecular weight is 420 g/mol. The molecule has 29 heavy (non-hydrogen) atoms. The minimum atomic E-state index is -2.74. The van der Waals surface area contributed by atoms with Gasteiger partial charge in [-0.3, -0.25) is 14.2 Å². The number of fused-ring (bicyclic) bond motifs is 1. The fourth-order valence-corrected chi connectivity index (χ4v) is 4.16. The van der Waals surface area contributed by atoms with E-state index in [4.69, 9.17) is 4.42 Å². The quantitative estimate of drug-likeness (QED) is 0.593. The van der Waals surface area contributed by atoms with Crippen molar-refractivity contribution in [2.24, 2.45) is 0 Å². The number of furan rings is 1. The summed E-state index contributed by atoms with van der Waals surface area (Å²) in [6.07, 6.45) is 1.44. The number of hydrogen-bond acceptors (Lipinski definition) is 5. The first-order valence-corrected chi connectivity index (χ1v) is 10.0. The molecule has 152 valence electrons. The number of thioether (sulfide) groups is 1. The third kappa shape index (κ3) is 3.98. The largest absolute Gasteiger partial charge is 0.459 e. The summed E-state index contributed by atoms with van der Waals surface area (Å²) in [5.74, 6) is -0.108. The van der Waals surface area contributed by atoms with Crippen LogP contribution in [0.3, 0.4) is 0 Å². The number of nitrogens with zero attached hydrogens (tertiary/aromatic N) is 4. The summed E-state index contributed by atoms with van der Waals surface area (Å²) < 4.78 is 32.9. The zero-order valence-electron chi connectivity index (χ0n) is 15.3. The number of hydrogen-bond donors (Lipinski definition) is 0. The Labute approximate surface area is 169 Å². The lowest BCUT2D eigenvalue weighted by Gasteiger charge is -2.34. The van der Waals surface area contributed by atoms with E-state index in [9.17, 15) is 18.4 Å². The summed E-state index contributed by atoms with van der Waals surface area (Å²) in [6.45, 7) is -1.18. The van der Waals surface area contributed by atoms with Crippen LogP contribution in [-0.4, -0.2) is 63.1 Å². The highest BCUT2D eigenvalue weighted by Gasteiger charge is 2.27. The topological polar surface area (TPSA) is 71.6 Å². The highest BCUT2D eigenvalue weighted by molar-refractivity contribution is 7.99. The van der Waals surface area contributed by atoms with Crippen LogP contribution in [-0.2, 0) is 4.79 Å². The summed E-state index contributed by atoms with van der Waals surface area (Å²) in [7, 11) is 0. The van der Waals surface area contributed by atoms with Crippen LogP contribution in [0.15, 0.2) is 52.2 Å². The van der Waals surface area contributed by atoms with Gasteiger partial charge in [-0.1, -0.05) is 23.9 Å². The molecule has 4 rings (SSSR count). The number of rotatable bonds is 5. The van der Waals surface area contributed by atoms with Gasteiger partial charge in [0.1, 0.15) is 0 Å². The maximum Gasteiger partial charge on any atom is 0.321 e. The number of imidazole rings is 1. The molecule has 1 aliphatic heterocycles. The summed E-state index contributed by atoms with van der Waals surface area (Å²) in [5, 5.41) is 0.112. The molecule has 3 heterocycles. The van der Waals surface area contributed by atoms with Crippen molar-refractivity contribution in [3.8, 4) is 0 Å². The van der Waals surface area contributed by atoms with Crippen LogP contribution in [0.25, 0.3) is 11.0 Å². The first-order valence-electron chi connectivity index (χ1n) is 9.03. The standard InChI is InChI=1S/C19H18F2N4O3S/c20-18(21)25-14-5-2-1-4-13(14)22-19(25)29-12-16(26)23-7-9-24(10-8-23)17(27)15-6-3-11-28-15/h1-6,11,18H,7-10,12H2. The first-order chi connectivity index (χ1) is 14.0. The summed E-state index contributed by atoms with van der Waals surface area (Å²) >= 11 is 0.993. The van der Waals surface area contributed by atoms with Gasteiger partial charge in [-0.2, -0.15) is 8.78 Å². The molecule has 0 N–H and O–H groups in total. The SMILES string of the molecule is O=C(CSc1nc2ccccc2n1C(F)F)N1CCN(C(=O)c2ccco2)CC1. The Balaban J connectivity index is 1.36. The average Bonchev–Trinajstić information content (AvgIpc) is 3.39. The Bertz CT molecular complexity index is 1010. The summed E-state index contributed by atoms with van der Waals surface area (Å²) in [5.41, 5.74) is 0.801. The maximum absolute atomic E-state index is 13.5. The molecule has 2 aromatic heterocycles. The minimum absolute atomic E-state index is 0.00215. The lowest BCUT2D eigenvalue weighted by molar-refractivity contribution is -0.129. The molecule has 10 heteroatoms. The predicted molar refractivity (Wildman–Crippen MR) is 103 cm³/mol. The third-order valence-corrected chi connectivity index (χ3v) is 5.67. The van der Waals surface area contributed by atoms with Crippen LogP contribution in [0.4, 0.5) is 8.78 Å². The number of benzene rings is 1. The van der Waals surface area contributed by atoms with E-state index in [2.05, 4.69) is 4.98 Å². The number of carbonyl (C=O) groups is 2. The molecule has 1 aliphatic rings. The number of halogens is 2. The van der Waals surface area contributed by atoms with Crippen molar-refractivity contribution >= 4 is 34.6 Å². The fourth-order valence-electron chi connectivity index (χ4n) is 3.25. The van der Waals surface area contributed by atoms with Gasteiger partial charge in [-0.25, -0.2) is 4.98 Å². The van der Waals surface area contributed by atoms with Gasteiger partial charge in [0.05, 0.1) is 23.0 Å². The molecule has 0 spiro atoms.